The number of fused-ring (bicyclic) bond motifs is 1. The number of rotatable bonds is 9. The van der Waals surface area contributed by atoms with Crippen molar-refractivity contribution in [2.45, 2.75) is 27.2 Å². The van der Waals surface area contributed by atoms with Crippen LogP contribution in [0.15, 0.2) is 81.8 Å². The number of amides is 1. The lowest BCUT2D eigenvalue weighted by molar-refractivity contribution is 0.0965. The molecule has 6 heteroatoms. The van der Waals surface area contributed by atoms with Crippen LogP contribution >= 0.6 is 0 Å². The number of allylic oxidation sites excluding steroid dienone is 1. The molecular weight excluding hydrogens is 362 g/mol. The fourth-order valence-corrected chi connectivity index (χ4v) is 2.61. The second-order valence-corrected chi connectivity index (χ2v) is 6.72. The summed E-state index contributed by atoms with van der Waals surface area (Å²) in [5.74, 6) is 0.0766. The number of aliphatic imine (C=N–C) groups is 2. The second-order valence-electron chi connectivity index (χ2n) is 6.72. The smallest absolute Gasteiger partial charge is 0.256 e. The Balaban J connectivity index is 2.03. The Labute approximate surface area is 172 Å². The summed E-state index contributed by atoms with van der Waals surface area (Å²) >= 11 is 0. The molecule has 0 bridgehead atoms. The number of carbonyl (C=O) groups excluding carboxylic acids is 1. The van der Waals surface area contributed by atoms with Gasteiger partial charge in [-0.25, -0.2) is 4.99 Å². The molecule has 2 aromatic carbocycles. The molecule has 2 aromatic rings. The zero-order valence-corrected chi connectivity index (χ0v) is 17.2. The van der Waals surface area contributed by atoms with Crippen LogP contribution in [-0.4, -0.2) is 36.1 Å². The van der Waals surface area contributed by atoms with E-state index in [1.54, 1.807) is 12.3 Å². The first kappa shape index (κ1) is 21.8. The lowest BCUT2D eigenvalue weighted by atomic mass is 10.1. The Morgan fingerprint density at radius 1 is 1.14 bits per heavy atom. The van der Waals surface area contributed by atoms with Gasteiger partial charge in [-0.15, -0.1) is 0 Å². The predicted octanol–water partition coefficient (Wildman–Crippen LogP) is 4.76. The van der Waals surface area contributed by atoms with Crippen LogP contribution in [0, 0.1) is 0 Å². The van der Waals surface area contributed by atoms with E-state index >= 15 is 0 Å². The maximum Gasteiger partial charge on any atom is 0.256 e. The molecule has 1 amide bonds. The highest BCUT2D eigenvalue weighted by atomic mass is 16.1. The Morgan fingerprint density at radius 3 is 2.52 bits per heavy atom. The van der Waals surface area contributed by atoms with Crippen LogP contribution in [0.5, 0.6) is 0 Å². The Morgan fingerprint density at radius 2 is 1.86 bits per heavy atom. The molecule has 0 fully saturated rings. The van der Waals surface area contributed by atoms with Crippen LogP contribution in [-0.2, 0) is 0 Å². The van der Waals surface area contributed by atoms with Crippen molar-refractivity contribution < 1.29 is 4.79 Å². The molecule has 0 unspecified atom stereocenters. The first-order valence-electron chi connectivity index (χ1n) is 9.34. The van der Waals surface area contributed by atoms with Crippen molar-refractivity contribution in [1.82, 2.24) is 10.3 Å². The molecule has 0 radical (unpaired) electrons. The summed E-state index contributed by atoms with van der Waals surface area (Å²) < 4.78 is 0. The standard InChI is InChI=1S/C23H27N5O/c1-17(2)27-28(18(3)4)14-8-13-25-22(16-24-5)26-23(29)21-12-11-19-9-6-7-10-20(19)15-21/h6-7,9-13,15-16H,3,5,8,14H2,1-2,4H3,(H,26,29)/b22-16+,25-13-. The van der Waals surface area contributed by atoms with Gasteiger partial charge in [0.2, 0.25) is 0 Å². The van der Waals surface area contributed by atoms with Gasteiger partial charge in [0.1, 0.15) is 0 Å². The van der Waals surface area contributed by atoms with E-state index in [0.29, 0.717) is 24.4 Å². The highest BCUT2D eigenvalue weighted by molar-refractivity contribution is 5.99. The van der Waals surface area contributed by atoms with Crippen molar-refractivity contribution in [3.05, 3.63) is 72.3 Å². The minimum absolute atomic E-state index is 0.252. The zero-order valence-electron chi connectivity index (χ0n) is 17.2. The average molecular weight is 390 g/mol. The summed E-state index contributed by atoms with van der Waals surface area (Å²) in [7, 11) is 0. The number of hydrazone groups is 1. The molecule has 6 nitrogen and oxygen atoms in total. The van der Waals surface area contributed by atoms with Crippen molar-refractivity contribution in [2.75, 3.05) is 6.54 Å². The van der Waals surface area contributed by atoms with Gasteiger partial charge < -0.3 is 5.32 Å². The van der Waals surface area contributed by atoms with Crippen molar-refractivity contribution in [3.63, 3.8) is 0 Å². The Kier molecular flexibility index (Phi) is 8.03. The van der Waals surface area contributed by atoms with E-state index in [9.17, 15) is 4.79 Å². The van der Waals surface area contributed by atoms with E-state index in [0.717, 1.165) is 22.2 Å². The summed E-state index contributed by atoms with van der Waals surface area (Å²) in [6.07, 6.45) is 3.76. The lowest BCUT2D eigenvalue weighted by Crippen LogP contribution is -2.22. The fourth-order valence-electron chi connectivity index (χ4n) is 2.61. The average Bonchev–Trinajstić information content (AvgIpc) is 2.69. The van der Waals surface area contributed by atoms with Crippen molar-refractivity contribution in [3.8, 4) is 0 Å². The van der Waals surface area contributed by atoms with E-state index in [4.69, 9.17) is 0 Å². The minimum Gasteiger partial charge on any atom is -0.305 e. The summed E-state index contributed by atoms with van der Waals surface area (Å²) in [6, 6.07) is 13.5. The minimum atomic E-state index is -0.252. The highest BCUT2D eigenvalue weighted by Crippen LogP contribution is 2.16. The molecule has 0 aromatic heterocycles. The van der Waals surface area contributed by atoms with Crippen LogP contribution in [0.3, 0.4) is 0 Å². The maximum absolute atomic E-state index is 12.6. The van der Waals surface area contributed by atoms with Gasteiger partial charge in [0.25, 0.3) is 5.91 Å². The molecule has 0 aliphatic rings. The fraction of sp³-hybridized carbons (Fsp3) is 0.217. The van der Waals surface area contributed by atoms with Crippen molar-refractivity contribution >= 4 is 35.3 Å². The molecule has 29 heavy (non-hydrogen) atoms. The first-order valence-corrected chi connectivity index (χ1v) is 9.34. The highest BCUT2D eigenvalue weighted by Gasteiger charge is 2.08. The van der Waals surface area contributed by atoms with Crippen LogP contribution in [0.4, 0.5) is 0 Å². The van der Waals surface area contributed by atoms with Gasteiger partial charge in [-0.2, -0.15) is 5.10 Å². The topological polar surface area (TPSA) is 69.4 Å². The quantitative estimate of drug-likeness (QED) is 0.496. The van der Waals surface area contributed by atoms with Gasteiger partial charge in [0, 0.05) is 36.2 Å². The molecular formula is C23H27N5O. The summed E-state index contributed by atoms with van der Waals surface area (Å²) in [5.41, 5.74) is 2.35. The Hall–Kier alpha value is -3.54. The number of nitrogens with zero attached hydrogens (tertiary/aromatic N) is 4. The normalized spacial score (nSPS) is 11.3. The van der Waals surface area contributed by atoms with Gasteiger partial charge in [-0.1, -0.05) is 36.9 Å². The lowest BCUT2D eigenvalue weighted by Gasteiger charge is -2.18. The number of hydrogen-bond donors (Lipinski definition) is 1. The molecule has 0 heterocycles. The molecule has 1 N–H and O–H groups in total. The largest absolute Gasteiger partial charge is 0.305 e. The second kappa shape index (κ2) is 10.7. The maximum atomic E-state index is 12.6. The molecule has 0 spiro atoms. The van der Waals surface area contributed by atoms with E-state index in [-0.39, 0.29) is 5.91 Å². The van der Waals surface area contributed by atoms with Crippen molar-refractivity contribution in [2.24, 2.45) is 15.1 Å². The molecule has 150 valence electrons. The zero-order chi connectivity index (χ0) is 21.2. The van der Waals surface area contributed by atoms with Crippen molar-refractivity contribution in [1.29, 1.82) is 0 Å². The third-order valence-electron chi connectivity index (χ3n) is 3.93. The molecule has 0 atom stereocenters. The number of hydrogen-bond acceptors (Lipinski definition) is 5. The summed E-state index contributed by atoms with van der Waals surface area (Å²) in [5, 5.41) is 11.1. The molecule has 2 rings (SSSR count). The predicted molar refractivity (Wildman–Crippen MR) is 122 cm³/mol. The molecule has 0 saturated carbocycles. The summed E-state index contributed by atoms with van der Waals surface area (Å²) in [6.45, 7) is 13.8. The van der Waals surface area contributed by atoms with E-state index in [1.807, 2.05) is 62.2 Å². The molecule has 0 saturated heterocycles. The number of benzene rings is 2. The molecule has 0 aliphatic carbocycles. The van der Waals surface area contributed by atoms with Crippen LogP contribution < -0.4 is 5.32 Å². The number of nitrogens with one attached hydrogen (secondary N) is 1. The summed E-state index contributed by atoms with van der Waals surface area (Å²) in [4.78, 5) is 20.6. The van der Waals surface area contributed by atoms with Gasteiger partial charge in [0.15, 0.2) is 5.82 Å². The van der Waals surface area contributed by atoms with E-state index < -0.39 is 0 Å². The van der Waals surface area contributed by atoms with Gasteiger partial charge in [-0.05, 0) is 50.4 Å². The van der Waals surface area contributed by atoms with Crippen LogP contribution in [0.1, 0.15) is 37.6 Å². The Bertz CT molecular complexity index is 984. The molecule has 0 aliphatic heterocycles. The number of carbonyl (C=O) groups is 1. The van der Waals surface area contributed by atoms with Crippen LogP contribution in [0.2, 0.25) is 0 Å². The van der Waals surface area contributed by atoms with E-state index in [1.165, 1.54) is 6.20 Å². The SMILES string of the molecule is C=N/C=C(\N=C/CCN(N=C(C)C)C(=C)C)NC(=O)c1ccc2ccccc2c1. The monoisotopic (exact) mass is 389 g/mol. The van der Waals surface area contributed by atoms with E-state index in [2.05, 4.69) is 33.7 Å². The van der Waals surface area contributed by atoms with Crippen LogP contribution in [0.25, 0.3) is 10.8 Å². The van der Waals surface area contributed by atoms with Gasteiger partial charge in [0.05, 0.1) is 6.20 Å². The third-order valence-corrected chi connectivity index (χ3v) is 3.93. The van der Waals surface area contributed by atoms with Gasteiger partial charge >= 0.3 is 0 Å². The first-order chi connectivity index (χ1) is 13.9. The van der Waals surface area contributed by atoms with Gasteiger partial charge in [-0.3, -0.25) is 14.8 Å². The third kappa shape index (κ3) is 6.84.